The number of rotatable bonds is 7. The van der Waals surface area contributed by atoms with Crippen molar-refractivity contribution in [2.75, 3.05) is 13.1 Å². The van der Waals surface area contributed by atoms with Gasteiger partial charge in [-0.2, -0.15) is 0 Å². The van der Waals surface area contributed by atoms with E-state index in [1.54, 1.807) is 18.3 Å². The van der Waals surface area contributed by atoms with Crippen molar-refractivity contribution >= 4 is 29.4 Å². The van der Waals surface area contributed by atoms with Gasteiger partial charge in [0.05, 0.1) is 6.21 Å². The third-order valence-electron chi connectivity index (χ3n) is 4.63. The fourth-order valence-electron chi connectivity index (χ4n) is 3.00. The third-order valence-corrected chi connectivity index (χ3v) is 5.21. The predicted octanol–water partition coefficient (Wildman–Crippen LogP) is 5.41. The van der Waals surface area contributed by atoms with Gasteiger partial charge in [0.2, 0.25) is 0 Å². The molecule has 1 atom stereocenters. The van der Waals surface area contributed by atoms with Gasteiger partial charge in [0.1, 0.15) is 18.5 Å². The summed E-state index contributed by atoms with van der Waals surface area (Å²) in [6.07, 6.45) is 2.85. The summed E-state index contributed by atoms with van der Waals surface area (Å²) in [5, 5.41) is 5.39. The van der Waals surface area contributed by atoms with Crippen LogP contribution in [0, 0.1) is 0 Å². The summed E-state index contributed by atoms with van der Waals surface area (Å²) in [7, 11) is 0. The first kappa shape index (κ1) is 20.0. The van der Waals surface area contributed by atoms with Crippen LogP contribution in [0.4, 0.5) is 0 Å². The van der Waals surface area contributed by atoms with Crippen LogP contribution in [-0.4, -0.2) is 36.3 Å². The molecule has 1 aliphatic heterocycles. The lowest BCUT2D eigenvalue weighted by atomic mass is 10.2. The first-order valence-electron chi connectivity index (χ1n) is 9.12. The molecule has 1 heterocycles. The normalized spacial score (nSPS) is 17.7. The number of nitrogens with zero attached hydrogens (tertiary/aromatic N) is 2. The highest BCUT2D eigenvalue weighted by Crippen LogP contribution is 2.24. The van der Waals surface area contributed by atoms with E-state index in [4.69, 9.17) is 32.8 Å². The highest BCUT2D eigenvalue weighted by molar-refractivity contribution is 6.35. The van der Waals surface area contributed by atoms with Crippen molar-refractivity contribution in [2.45, 2.75) is 39.0 Å². The first-order chi connectivity index (χ1) is 13.0. The monoisotopic (exact) mass is 406 g/mol. The van der Waals surface area contributed by atoms with Crippen LogP contribution in [-0.2, 0) is 11.4 Å². The highest BCUT2D eigenvalue weighted by Gasteiger charge is 2.25. The smallest absolute Gasteiger partial charge is 0.141 e. The highest BCUT2D eigenvalue weighted by atomic mass is 35.5. The van der Waals surface area contributed by atoms with E-state index in [9.17, 15) is 0 Å². The quantitative estimate of drug-likeness (QED) is 0.455. The van der Waals surface area contributed by atoms with Crippen LogP contribution in [0.1, 0.15) is 31.4 Å². The average Bonchev–Trinajstić information content (AvgIpc) is 3.11. The Kier molecular flexibility index (Phi) is 7.00. The van der Waals surface area contributed by atoms with E-state index >= 15 is 0 Å². The van der Waals surface area contributed by atoms with Gasteiger partial charge in [-0.1, -0.05) is 46.6 Å². The molecule has 0 saturated carbocycles. The summed E-state index contributed by atoms with van der Waals surface area (Å²) >= 11 is 12.1. The minimum absolute atomic E-state index is 0.143. The number of likely N-dealkylation sites (tertiary alicyclic amines) is 1. The molecule has 0 radical (unpaired) electrons. The molecule has 27 heavy (non-hydrogen) atoms. The zero-order valence-corrected chi connectivity index (χ0v) is 17.1. The predicted molar refractivity (Wildman–Crippen MR) is 111 cm³/mol. The van der Waals surface area contributed by atoms with Crippen LogP contribution in [0.2, 0.25) is 10.0 Å². The van der Waals surface area contributed by atoms with E-state index in [2.05, 4.69) is 23.9 Å². The summed E-state index contributed by atoms with van der Waals surface area (Å²) < 4.78 is 5.93. The molecular weight excluding hydrogens is 383 g/mol. The van der Waals surface area contributed by atoms with Crippen molar-refractivity contribution in [3.8, 4) is 5.75 Å². The van der Waals surface area contributed by atoms with Crippen LogP contribution >= 0.6 is 23.2 Å². The van der Waals surface area contributed by atoms with Gasteiger partial charge < -0.3 is 9.57 Å². The Labute approximate surface area is 170 Å². The SMILES string of the molecule is CC(C)N1CCC(ON=Cc2ccccc2OCc2ccc(Cl)cc2Cl)C1. The molecular formula is C21H24Cl2N2O2. The zero-order valence-electron chi connectivity index (χ0n) is 15.6. The Morgan fingerprint density at radius 3 is 2.78 bits per heavy atom. The molecule has 1 saturated heterocycles. The Balaban J connectivity index is 1.59. The van der Waals surface area contributed by atoms with Crippen molar-refractivity contribution in [3.63, 3.8) is 0 Å². The minimum Gasteiger partial charge on any atom is -0.488 e. The van der Waals surface area contributed by atoms with Gasteiger partial charge in [0.25, 0.3) is 0 Å². The maximum Gasteiger partial charge on any atom is 0.141 e. The standard InChI is InChI=1S/C21H24Cl2N2O2/c1-15(2)25-10-9-19(13-25)27-24-12-16-5-3-4-6-21(16)26-14-17-7-8-18(22)11-20(17)23/h3-8,11-12,15,19H,9-10,13-14H2,1-2H3. The first-order valence-corrected chi connectivity index (χ1v) is 9.87. The molecule has 4 nitrogen and oxygen atoms in total. The third kappa shape index (κ3) is 5.61. The van der Waals surface area contributed by atoms with Gasteiger partial charge >= 0.3 is 0 Å². The van der Waals surface area contributed by atoms with Gasteiger partial charge in [0.15, 0.2) is 0 Å². The molecule has 2 aromatic rings. The zero-order chi connectivity index (χ0) is 19.2. The number of hydrogen-bond acceptors (Lipinski definition) is 4. The number of hydrogen-bond donors (Lipinski definition) is 0. The maximum absolute atomic E-state index is 6.21. The number of ether oxygens (including phenoxy) is 1. The Morgan fingerprint density at radius 2 is 2.04 bits per heavy atom. The van der Waals surface area contributed by atoms with E-state index in [-0.39, 0.29) is 6.10 Å². The van der Waals surface area contributed by atoms with E-state index in [0.29, 0.717) is 22.7 Å². The molecule has 1 aliphatic rings. The number of benzene rings is 2. The van der Waals surface area contributed by atoms with Crippen LogP contribution in [0.3, 0.4) is 0 Å². The lowest BCUT2D eigenvalue weighted by Crippen LogP contribution is -2.29. The summed E-state index contributed by atoms with van der Waals surface area (Å²) in [6, 6.07) is 13.6. The molecule has 0 aromatic heterocycles. The van der Waals surface area contributed by atoms with Crippen molar-refractivity contribution < 1.29 is 9.57 Å². The summed E-state index contributed by atoms with van der Waals surface area (Å²) in [4.78, 5) is 8.07. The van der Waals surface area contributed by atoms with Crippen LogP contribution in [0.15, 0.2) is 47.6 Å². The van der Waals surface area contributed by atoms with Crippen molar-refractivity contribution in [3.05, 3.63) is 63.6 Å². The largest absolute Gasteiger partial charge is 0.488 e. The Morgan fingerprint density at radius 1 is 1.22 bits per heavy atom. The molecule has 6 heteroatoms. The molecule has 0 aliphatic carbocycles. The van der Waals surface area contributed by atoms with Gasteiger partial charge in [-0.25, -0.2) is 0 Å². The van der Waals surface area contributed by atoms with E-state index in [1.807, 2.05) is 30.3 Å². The second-order valence-corrected chi connectivity index (χ2v) is 7.75. The van der Waals surface area contributed by atoms with Gasteiger partial charge in [-0.3, -0.25) is 4.90 Å². The molecule has 0 bridgehead atoms. The average molecular weight is 407 g/mol. The Hall–Kier alpha value is -1.75. The Bertz CT molecular complexity index is 796. The summed E-state index contributed by atoms with van der Waals surface area (Å²) in [6.45, 7) is 6.73. The van der Waals surface area contributed by atoms with Crippen molar-refractivity contribution in [2.24, 2.45) is 5.16 Å². The van der Waals surface area contributed by atoms with E-state index in [0.717, 1.165) is 36.4 Å². The molecule has 2 aromatic carbocycles. The second-order valence-electron chi connectivity index (χ2n) is 6.90. The van der Waals surface area contributed by atoms with Gasteiger partial charge in [-0.05, 0) is 38.1 Å². The summed E-state index contributed by atoms with van der Waals surface area (Å²) in [5.41, 5.74) is 1.74. The van der Waals surface area contributed by atoms with Crippen molar-refractivity contribution in [1.82, 2.24) is 4.90 Å². The molecule has 0 amide bonds. The summed E-state index contributed by atoms with van der Waals surface area (Å²) in [5.74, 6) is 0.728. The van der Waals surface area contributed by atoms with Crippen molar-refractivity contribution in [1.29, 1.82) is 0 Å². The molecule has 3 rings (SSSR count). The fraction of sp³-hybridized carbons (Fsp3) is 0.381. The molecule has 0 N–H and O–H groups in total. The van der Waals surface area contributed by atoms with E-state index < -0.39 is 0 Å². The lowest BCUT2D eigenvalue weighted by molar-refractivity contribution is 0.0634. The lowest BCUT2D eigenvalue weighted by Gasteiger charge is -2.19. The van der Waals surface area contributed by atoms with Gasteiger partial charge in [-0.15, -0.1) is 0 Å². The van der Waals surface area contributed by atoms with E-state index in [1.165, 1.54) is 0 Å². The minimum atomic E-state index is 0.143. The maximum atomic E-state index is 6.21. The molecule has 144 valence electrons. The molecule has 1 unspecified atom stereocenters. The topological polar surface area (TPSA) is 34.1 Å². The number of para-hydroxylation sites is 1. The second kappa shape index (κ2) is 9.45. The molecule has 1 fully saturated rings. The molecule has 0 spiro atoms. The number of oxime groups is 1. The van der Waals surface area contributed by atoms with Crippen LogP contribution < -0.4 is 4.74 Å². The number of halogens is 2. The van der Waals surface area contributed by atoms with Gasteiger partial charge in [0, 0.05) is 46.7 Å². The van der Waals surface area contributed by atoms with Crippen LogP contribution in [0.5, 0.6) is 5.75 Å². The fourth-order valence-corrected chi connectivity index (χ4v) is 3.46. The van der Waals surface area contributed by atoms with Crippen LogP contribution in [0.25, 0.3) is 0 Å².